The van der Waals surface area contributed by atoms with Crippen LogP contribution >= 0.6 is 0 Å². The zero-order chi connectivity index (χ0) is 11.3. The minimum atomic E-state index is 0. The lowest BCUT2D eigenvalue weighted by molar-refractivity contribution is -0.950. The molecule has 0 aliphatic carbocycles. The minimum absolute atomic E-state index is 0. The van der Waals surface area contributed by atoms with Crippen molar-refractivity contribution in [1.82, 2.24) is 0 Å². The van der Waals surface area contributed by atoms with Gasteiger partial charge in [-0.15, -0.1) is 0 Å². The summed E-state index contributed by atoms with van der Waals surface area (Å²) in [5.41, 5.74) is 1.46. The Morgan fingerprint density at radius 2 is 1.38 bits per heavy atom. The Labute approximate surface area is 111 Å². The summed E-state index contributed by atoms with van der Waals surface area (Å²) in [5, 5.41) is 0. The van der Waals surface area contributed by atoms with Crippen molar-refractivity contribution in [3.8, 4) is 0 Å². The van der Waals surface area contributed by atoms with E-state index < -0.39 is 0 Å². The second-order valence-electron chi connectivity index (χ2n) is 4.25. The Balaban J connectivity index is 0.00000225. The highest BCUT2D eigenvalue weighted by molar-refractivity contribution is 5.16. The number of hydrogen-bond acceptors (Lipinski definition) is 0. The van der Waals surface area contributed by atoms with Crippen molar-refractivity contribution in [2.24, 2.45) is 0 Å². The summed E-state index contributed by atoms with van der Waals surface area (Å²) in [6, 6.07) is 11.5. The maximum atomic E-state index is 2.35. The van der Waals surface area contributed by atoms with Gasteiger partial charge in [-0.1, -0.05) is 30.3 Å². The second-order valence-corrected chi connectivity index (χ2v) is 4.25. The molecule has 16 heavy (non-hydrogen) atoms. The first-order valence-electron chi connectivity index (χ1n) is 6.10. The third-order valence-electron chi connectivity index (χ3n) is 3.99. The Hall–Kier alpha value is -0.340. The number of halogens is 1. The molecule has 1 nitrogen and oxygen atoms in total. The summed E-state index contributed by atoms with van der Waals surface area (Å²) in [7, 11) is 0. The fourth-order valence-electron chi connectivity index (χ4n) is 2.54. The first-order valence-corrected chi connectivity index (χ1v) is 6.10. The van der Waals surface area contributed by atoms with Crippen LogP contribution < -0.4 is 17.0 Å². The highest BCUT2D eigenvalue weighted by Gasteiger charge is 2.29. The molecule has 0 saturated carbocycles. The van der Waals surface area contributed by atoms with E-state index in [4.69, 9.17) is 0 Å². The van der Waals surface area contributed by atoms with Gasteiger partial charge in [-0.05, 0) is 27.7 Å². The first-order chi connectivity index (χ1) is 7.20. The van der Waals surface area contributed by atoms with Crippen molar-refractivity contribution in [3.63, 3.8) is 0 Å². The number of nitrogens with zero attached hydrogens (tertiary/aromatic N) is 1. The lowest BCUT2D eigenvalue weighted by atomic mass is 10.0. The van der Waals surface area contributed by atoms with E-state index in [-0.39, 0.29) is 17.0 Å². The summed E-state index contributed by atoms with van der Waals surface area (Å²) in [6.45, 7) is 12.9. The summed E-state index contributed by atoms with van der Waals surface area (Å²) >= 11 is 0. The monoisotopic (exact) mass is 285 g/mol. The highest BCUT2D eigenvalue weighted by Crippen LogP contribution is 2.27. The topological polar surface area (TPSA) is 0 Å². The van der Waals surface area contributed by atoms with Crippen LogP contribution in [0, 0.1) is 0 Å². The zero-order valence-corrected chi connectivity index (χ0v) is 12.5. The van der Waals surface area contributed by atoms with E-state index in [0.29, 0.717) is 6.04 Å². The molecule has 0 N–H and O–H groups in total. The minimum Gasteiger partial charge on any atom is -1.00 e. The average Bonchev–Trinajstić information content (AvgIpc) is 2.33. The molecule has 0 aliphatic heterocycles. The van der Waals surface area contributed by atoms with Crippen LogP contribution in [0.4, 0.5) is 0 Å². The van der Waals surface area contributed by atoms with E-state index in [0.717, 1.165) is 0 Å². The molecule has 1 aromatic carbocycles. The van der Waals surface area contributed by atoms with Crippen LogP contribution in [0.2, 0.25) is 0 Å². The summed E-state index contributed by atoms with van der Waals surface area (Å²) in [5.74, 6) is 0. The number of benzene rings is 1. The van der Waals surface area contributed by atoms with Crippen LogP contribution in [0.15, 0.2) is 30.3 Å². The standard InChI is InChI=1S/C14H24N.BrH/c1-5-15(6-2,7-3)13(4)14-11-9-8-10-12-14;/h8-13H,5-7H2,1-4H3;1H/q+1;/p-1. The van der Waals surface area contributed by atoms with Crippen molar-refractivity contribution in [3.05, 3.63) is 35.9 Å². The molecule has 0 saturated heterocycles. The van der Waals surface area contributed by atoms with Crippen LogP contribution in [0.1, 0.15) is 39.3 Å². The Morgan fingerprint density at radius 3 is 1.75 bits per heavy atom. The number of rotatable bonds is 5. The van der Waals surface area contributed by atoms with Gasteiger partial charge in [-0.25, -0.2) is 0 Å². The van der Waals surface area contributed by atoms with Crippen LogP contribution in [-0.2, 0) is 0 Å². The highest BCUT2D eigenvalue weighted by atomic mass is 79.9. The molecule has 0 aromatic heterocycles. The van der Waals surface area contributed by atoms with Gasteiger partial charge in [0.2, 0.25) is 0 Å². The fraction of sp³-hybridized carbons (Fsp3) is 0.571. The predicted octanol–water partition coefficient (Wildman–Crippen LogP) is 0.628. The molecule has 0 radical (unpaired) electrons. The Morgan fingerprint density at radius 1 is 0.938 bits per heavy atom. The van der Waals surface area contributed by atoms with Crippen LogP contribution in [-0.4, -0.2) is 24.1 Å². The zero-order valence-electron chi connectivity index (χ0n) is 10.9. The van der Waals surface area contributed by atoms with Gasteiger partial charge in [0, 0.05) is 5.56 Å². The molecule has 0 aliphatic rings. The smallest absolute Gasteiger partial charge is 0.112 e. The molecule has 0 amide bonds. The molecule has 2 heteroatoms. The fourth-order valence-corrected chi connectivity index (χ4v) is 2.54. The predicted molar refractivity (Wildman–Crippen MR) is 66.7 cm³/mol. The van der Waals surface area contributed by atoms with Gasteiger partial charge in [0.25, 0.3) is 0 Å². The van der Waals surface area contributed by atoms with E-state index in [2.05, 4.69) is 58.0 Å². The van der Waals surface area contributed by atoms with E-state index >= 15 is 0 Å². The van der Waals surface area contributed by atoms with Crippen LogP contribution in [0.25, 0.3) is 0 Å². The van der Waals surface area contributed by atoms with E-state index in [1.165, 1.54) is 29.7 Å². The largest absolute Gasteiger partial charge is 1.00 e. The normalized spacial score (nSPS) is 13.0. The lowest BCUT2D eigenvalue weighted by Gasteiger charge is -2.41. The molecule has 0 fully saturated rings. The maximum absolute atomic E-state index is 2.35. The maximum Gasteiger partial charge on any atom is 0.112 e. The molecule has 1 aromatic rings. The van der Waals surface area contributed by atoms with Gasteiger partial charge in [-0.3, -0.25) is 0 Å². The quantitative estimate of drug-likeness (QED) is 0.697. The molecule has 0 heterocycles. The SMILES string of the molecule is CC[N+](CC)(CC)C(C)c1ccccc1.[Br-]. The van der Waals surface area contributed by atoms with Crippen molar-refractivity contribution in [2.75, 3.05) is 19.6 Å². The lowest BCUT2D eigenvalue weighted by Crippen LogP contribution is -3.00. The molecule has 1 atom stereocenters. The molecular formula is C14H24BrN. The Kier molecular flexibility index (Phi) is 6.93. The molecular weight excluding hydrogens is 262 g/mol. The second kappa shape index (κ2) is 7.08. The summed E-state index contributed by atoms with van der Waals surface area (Å²) in [4.78, 5) is 0. The van der Waals surface area contributed by atoms with Gasteiger partial charge < -0.3 is 21.5 Å². The van der Waals surface area contributed by atoms with E-state index in [1.807, 2.05) is 0 Å². The number of quaternary nitrogens is 1. The first kappa shape index (κ1) is 15.7. The summed E-state index contributed by atoms with van der Waals surface area (Å²) < 4.78 is 1.18. The Bertz CT molecular complexity index is 272. The van der Waals surface area contributed by atoms with Crippen molar-refractivity contribution in [2.45, 2.75) is 33.7 Å². The van der Waals surface area contributed by atoms with Gasteiger partial charge in [-0.2, -0.15) is 0 Å². The van der Waals surface area contributed by atoms with Crippen molar-refractivity contribution < 1.29 is 21.5 Å². The molecule has 1 unspecified atom stereocenters. The summed E-state index contributed by atoms with van der Waals surface area (Å²) in [6.07, 6.45) is 0. The average molecular weight is 286 g/mol. The molecule has 1 rings (SSSR count). The van der Waals surface area contributed by atoms with E-state index in [1.54, 1.807) is 0 Å². The van der Waals surface area contributed by atoms with Gasteiger partial charge >= 0.3 is 0 Å². The van der Waals surface area contributed by atoms with Crippen molar-refractivity contribution >= 4 is 0 Å². The van der Waals surface area contributed by atoms with E-state index in [9.17, 15) is 0 Å². The molecule has 0 spiro atoms. The van der Waals surface area contributed by atoms with Gasteiger partial charge in [0.05, 0.1) is 19.6 Å². The molecule has 92 valence electrons. The van der Waals surface area contributed by atoms with Gasteiger partial charge in [0.1, 0.15) is 6.04 Å². The van der Waals surface area contributed by atoms with Crippen LogP contribution in [0.5, 0.6) is 0 Å². The van der Waals surface area contributed by atoms with Crippen molar-refractivity contribution in [1.29, 1.82) is 0 Å². The van der Waals surface area contributed by atoms with Crippen LogP contribution in [0.3, 0.4) is 0 Å². The molecule has 0 bridgehead atoms. The van der Waals surface area contributed by atoms with Gasteiger partial charge in [0.15, 0.2) is 0 Å². The number of hydrogen-bond donors (Lipinski definition) is 0. The third-order valence-corrected chi connectivity index (χ3v) is 3.99. The third kappa shape index (κ3) is 3.08.